The van der Waals surface area contributed by atoms with Gasteiger partial charge in [0, 0.05) is 12.6 Å². The Labute approximate surface area is 75.1 Å². The standard InChI is InChI=1S/C7H11N3O3/c1-4-2-10(3-5(8)11)7(13)6(12)9-4/h4H,2-3H2,1H3,(H2,8,11)(H,9,12). The number of nitrogens with two attached hydrogens (primary N) is 1. The fourth-order valence-electron chi connectivity index (χ4n) is 1.21. The molecule has 1 unspecified atom stereocenters. The molecule has 0 saturated carbocycles. The molecule has 0 spiro atoms. The number of carbonyl (C=O) groups is 3. The molecule has 1 fully saturated rings. The van der Waals surface area contributed by atoms with Gasteiger partial charge in [-0.1, -0.05) is 0 Å². The Kier molecular flexibility index (Phi) is 2.50. The summed E-state index contributed by atoms with van der Waals surface area (Å²) in [5, 5.41) is 2.45. The van der Waals surface area contributed by atoms with E-state index in [0.29, 0.717) is 6.54 Å². The minimum Gasteiger partial charge on any atom is -0.368 e. The van der Waals surface area contributed by atoms with Gasteiger partial charge in [-0.2, -0.15) is 0 Å². The highest BCUT2D eigenvalue weighted by molar-refractivity contribution is 6.35. The van der Waals surface area contributed by atoms with Crippen LogP contribution in [0.5, 0.6) is 0 Å². The van der Waals surface area contributed by atoms with Crippen molar-refractivity contribution in [2.45, 2.75) is 13.0 Å². The quantitative estimate of drug-likeness (QED) is 0.479. The van der Waals surface area contributed by atoms with Gasteiger partial charge in [-0.05, 0) is 6.92 Å². The number of rotatable bonds is 2. The van der Waals surface area contributed by atoms with Crippen molar-refractivity contribution in [2.75, 3.05) is 13.1 Å². The van der Waals surface area contributed by atoms with Crippen molar-refractivity contribution in [3.63, 3.8) is 0 Å². The summed E-state index contributed by atoms with van der Waals surface area (Å²) in [6, 6.07) is -0.135. The molecule has 0 aromatic heterocycles. The molecule has 6 nitrogen and oxygen atoms in total. The van der Waals surface area contributed by atoms with Crippen LogP contribution in [0.4, 0.5) is 0 Å². The molecular formula is C7H11N3O3. The van der Waals surface area contributed by atoms with E-state index in [9.17, 15) is 14.4 Å². The third-order valence-electron chi connectivity index (χ3n) is 1.70. The van der Waals surface area contributed by atoms with E-state index >= 15 is 0 Å². The zero-order chi connectivity index (χ0) is 10.0. The van der Waals surface area contributed by atoms with Gasteiger partial charge in [-0.15, -0.1) is 0 Å². The highest BCUT2D eigenvalue weighted by atomic mass is 16.2. The smallest absolute Gasteiger partial charge is 0.312 e. The van der Waals surface area contributed by atoms with Crippen molar-refractivity contribution in [3.05, 3.63) is 0 Å². The van der Waals surface area contributed by atoms with Gasteiger partial charge in [0.25, 0.3) is 0 Å². The first-order valence-electron chi connectivity index (χ1n) is 3.88. The predicted molar refractivity (Wildman–Crippen MR) is 43.4 cm³/mol. The van der Waals surface area contributed by atoms with E-state index in [1.165, 1.54) is 0 Å². The summed E-state index contributed by atoms with van der Waals surface area (Å²) in [6.07, 6.45) is 0. The molecule has 1 rings (SSSR count). The summed E-state index contributed by atoms with van der Waals surface area (Å²) in [5.74, 6) is -1.99. The Morgan fingerprint density at radius 3 is 2.85 bits per heavy atom. The summed E-state index contributed by atoms with van der Waals surface area (Å²) in [5.41, 5.74) is 4.91. The molecule has 1 heterocycles. The lowest BCUT2D eigenvalue weighted by atomic mass is 10.2. The molecule has 1 atom stereocenters. The van der Waals surface area contributed by atoms with Crippen molar-refractivity contribution in [1.82, 2.24) is 10.2 Å². The fraction of sp³-hybridized carbons (Fsp3) is 0.571. The summed E-state index contributed by atoms with van der Waals surface area (Å²) >= 11 is 0. The van der Waals surface area contributed by atoms with E-state index in [2.05, 4.69) is 5.32 Å². The van der Waals surface area contributed by atoms with Crippen LogP contribution in [0.15, 0.2) is 0 Å². The van der Waals surface area contributed by atoms with Crippen LogP contribution in [0, 0.1) is 0 Å². The van der Waals surface area contributed by atoms with E-state index < -0.39 is 17.7 Å². The number of piperazine rings is 1. The highest BCUT2D eigenvalue weighted by Gasteiger charge is 2.30. The number of hydrogen-bond acceptors (Lipinski definition) is 3. The summed E-state index contributed by atoms with van der Waals surface area (Å²) < 4.78 is 0. The second kappa shape index (κ2) is 3.42. The SMILES string of the molecule is CC1CN(CC(N)=O)C(=O)C(=O)N1. The molecule has 6 heteroatoms. The molecule has 72 valence electrons. The minimum absolute atomic E-state index is 0.135. The molecule has 1 aliphatic heterocycles. The lowest BCUT2D eigenvalue weighted by Gasteiger charge is -2.29. The lowest BCUT2D eigenvalue weighted by Crippen LogP contribution is -2.58. The summed E-state index contributed by atoms with van der Waals surface area (Å²) in [4.78, 5) is 33.7. The molecule has 3 N–H and O–H groups in total. The molecule has 13 heavy (non-hydrogen) atoms. The van der Waals surface area contributed by atoms with E-state index in [4.69, 9.17) is 5.73 Å². The van der Waals surface area contributed by atoms with Crippen LogP contribution in [0.2, 0.25) is 0 Å². The number of nitrogens with zero attached hydrogens (tertiary/aromatic N) is 1. The average Bonchev–Trinajstić information content (AvgIpc) is 1.98. The Morgan fingerprint density at radius 1 is 1.69 bits per heavy atom. The maximum atomic E-state index is 11.1. The first-order chi connectivity index (χ1) is 6.00. The first kappa shape index (κ1) is 9.50. The van der Waals surface area contributed by atoms with Crippen LogP contribution in [-0.4, -0.2) is 41.8 Å². The second-order valence-corrected chi connectivity index (χ2v) is 3.03. The minimum atomic E-state index is -0.697. The summed E-state index contributed by atoms with van der Waals surface area (Å²) in [7, 11) is 0. The topological polar surface area (TPSA) is 92.5 Å². The van der Waals surface area contributed by atoms with Crippen LogP contribution >= 0.6 is 0 Å². The maximum Gasteiger partial charge on any atom is 0.312 e. The van der Waals surface area contributed by atoms with Crippen molar-refractivity contribution >= 4 is 17.7 Å². The number of hydrogen-bond donors (Lipinski definition) is 2. The van der Waals surface area contributed by atoms with Crippen molar-refractivity contribution in [2.24, 2.45) is 5.73 Å². The molecule has 0 aliphatic carbocycles. The average molecular weight is 185 g/mol. The zero-order valence-corrected chi connectivity index (χ0v) is 7.24. The predicted octanol–water partition coefficient (Wildman–Crippen LogP) is -2.18. The van der Waals surface area contributed by atoms with Crippen LogP contribution in [-0.2, 0) is 14.4 Å². The van der Waals surface area contributed by atoms with E-state index in [1.54, 1.807) is 6.92 Å². The van der Waals surface area contributed by atoms with E-state index in [-0.39, 0.29) is 12.6 Å². The molecule has 3 amide bonds. The zero-order valence-electron chi connectivity index (χ0n) is 7.24. The molecular weight excluding hydrogens is 174 g/mol. The summed E-state index contributed by atoms with van der Waals surface area (Å²) in [6.45, 7) is 1.88. The van der Waals surface area contributed by atoms with Crippen LogP contribution in [0.25, 0.3) is 0 Å². The molecule has 1 aliphatic rings. The third-order valence-corrected chi connectivity index (χ3v) is 1.70. The van der Waals surface area contributed by atoms with Gasteiger partial charge >= 0.3 is 11.8 Å². The van der Waals surface area contributed by atoms with Gasteiger partial charge in [0.1, 0.15) is 0 Å². The van der Waals surface area contributed by atoms with Gasteiger partial charge < -0.3 is 16.0 Å². The normalized spacial score (nSPS) is 22.8. The van der Waals surface area contributed by atoms with E-state index in [0.717, 1.165) is 4.90 Å². The second-order valence-electron chi connectivity index (χ2n) is 3.03. The Morgan fingerprint density at radius 2 is 2.31 bits per heavy atom. The molecule has 0 radical (unpaired) electrons. The lowest BCUT2D eigenvalue weighted by molar-refractivity contribution is -0.150. The van der Waals surface area contributed by atoms with Crippen molar-refractivity contribution in [1.29, 1.82) is 0 Å². The third kappa shape index (κ3) is 2.17. The maximum absolute atomic E-state index is 11.1. The van der Waals surface area contributed by atoms with E-state index in [1.807, 2.05) is 0 Å². The van der Waals surface area contributed by atoms with Gasteiger partial charge in [0.2, 0.25) is 5.91 Å². The van der Waals surface area contributed by atoms with Crippen molar-refractivity contribution < 1.29 is 14.4 Å². The fourth-order valence-corrected chi connectivity index (χ4v) is 1.21. The van der Waals surface area contributed by atoms with Crippen LogP contribution in [0.3, 0.4) is 0 Å². The van der Waals surface area contributed by atoms with Crippen molar-refractivity contribution in [3.8, 4) is 0 Å². The molecule has 0 bridgehead atoms. The first-order valence-corrected chi connectivity index (χ1v) is 3.88. The van der Waals surface area contributed by atoms with Gasteiger partial charge in [0.05, 0.1) is 6.54 Å². The highest BCUT2D eigenvalue weighted by Crippen LogP contribution is 2.00. The number of carbonyl (C=O) groups excluding carboxylic acids is 3. The largest absolute Gasteiger partial charge is 0.368 e. The van der Waals surface area contributed by atoms with Crippen LogP contribution < -0.4 is 11.1 Å². The number of primary amides is 1. The van der Waals surface area contributed by atoms with Crippen LogP contribution in [0.1, 0.15) is 6.92 Å². The molecule has 0 aromatic carbocycles. The molecule has 0 aromatic rings. The van der Waals surface area contributed by atoms with Gasteiger partial charge in [0.15, 0.2) is 0 Å². The Hall–Kier alpha value is -1.59. The molecule has 1 saturated heterocycles. The number of amides is 3. The van der Waals surface area contributed by atoms with Gasteiger partial charge in [-0.25, -0.2) is 0 Å². The number of nitrogens with one attached hydrogen (secondary N) is 1. The Bertz CT molecular complexity index is 264. The monoisotopic (exact) mass is 185 g/mol. The Balaban J connectivity index is 2.66. The van der Waals surface area contributed by atoms with Gasteiger partial charge in [-0.3, -0.25) is 14.4 Å².